The van der Waals surface area contributed by atoms with Crippen LogP contribution in [0.5, 0.6) is 0 Å². The second-order valence-electron chi connectivity index (χ2n) is 5.74. The fraction of sp³-hybridized carbons (Fsp3) is 0.929. The van der Waals surface area contributed by atoms with Gasteiger partial charge < -0.3 is 5.11 Å². The Labute approximate surface area is 111 Å². The maximum Gasteiger partial charge on any atom is 0.141 e. The van der Waals surface area contributed by atoms with Crippen molar-refractivity contribution in [3.63, 3.8) is 0 Å². The molecular formula is C14H28O2S. The van der Waals surface area contributed by atoms with E-state index in [2.05, 4.69) is 27.7 Å². The number of thioether (sulfide) groups is 1. The van der Waals surface area contributed by atoms with Gasteiger partial charge in [-0.05, 0) is 17.6 Å². The first-order chi connectivity index (χ1) is 7.75. The molecule has 102 valence electrons. The highest BCUT2D eigenvalue weighted by Gasteiger charge is 2.29. The number of rotatable bonds is 8. The fourth-order valence-corrected chi connectivity index (χ4v) is 2.62. The normalized spacial score (nSPS) is 15.6. The minimum Gasteiger partial charge on any atom is -0.392 e. The third-order valence-corrected chi connectivity index (χ3v) is 3.93. The first-order valence-electron chi connectivity index (χ1n) is 6.59. The van der Waals surface area contributed by atoms with Gasteiger partial charge in [-0.1, -0.05) is 41.5 Å². The molecule has 2 nitrogen and oxygen atoms in total. The Morgan fingerprint density at radius 3 is 2.00 bits per heavy atom. The number of carbonyl (C=O) groups is 1. The van der Waals surface area contributed by atoms with Crippen molar-refractivity contribution in [2.45, 2.75) is 59.3 Å². The SMILES string of the molecule is CC(C)CC(C(=O)C(C)C)C(O)CSC(C)C. The molecule has 2 atom stereocenters. The van der Waals surface area contributed by atoms with E-state index in [4.69, 9.17) is 0 Å². The molecule has 0 aromatic rings. The average Bonchev–Trinajstić information content (AvgIpc) is 2.21. The third-order valence-electron chi connectivity index (χ3n) is 2.72. The molecular weight excluding hydrogens is 232 g/mol. The fourth-order valence-electron chi connectivity index (χ4n) is 1.81. The van der Waals surface area contributed by atoms with Crippen molar-refractivity contribution in [2.24, 2.45) is 17.8 Å². The van der Waals surface area contributed by atoms with Crippen LogP contribution in [0.3, 0.4) is 0 Å². The van der Waals surface area contributed by atoms with Gasteiger partial charge in [0.1, 0.15) is 5.78 Å². The largest absolute Gasteiger partial charge is 0.392 e. The van der Waals surface area contributed by atoms with Crippen LogP contribution in [0, 0.1) is 17.8 Å². The number of aliphatic hydroxyl groups is 1. The second kappa shape index (κ2) is 8.15. The van der Waals surface area contributed by atoms with E-state index < -0.39 is 6.10 Å². The highest BCUT2D eigenvalue weighted by molar-refractivity contribution is 7.99. The zero-order valence-corrected chi connectivity index (χ0v) is 12.9. The molecule has 17 heavy (non-hydrogen) atoms. The van der Waals surface area contributed by atoms with Gasteiger partial charge in [0, 0.05) is 17.6 Å². The molecule has 0 aromatic carbocycles. The van der Waals surface area contributed by atoms with E-state index in [1.54, 1.807) is 11.8 Å². The molecule has 2 unspecified atom stereocenters. The summed E-state index contributed by atoms with van der Waals surface area (Å²) < 4.78 is 0. The number of hydrogen-bond acceptors (Lipinski definition) is 3. The predicted molar refractivity (Wildman–Crippen MR) is 76.4 cm³/mol. The lowest BCUT2D eigenvalue weighted by Gasteiger charge is -2.25. The molecule has 1 N–H and O–H groups in total. The zero-order chi connectivity index (χ0) is 13.6. The van der Waals surface area contributed by atoms with E-state index in [0.29, 0.717) is 16.9 Å². The summed E-state index contributed by atoms with van der Waals surface area (Å²) >= 11 is 1.72. The minimum atomic E-state index is -0.500. The number of hydrogen-bond donors (Lipinski definition) is 1. The van der Waals surface area contributed by atoms with E-state index >= 15 is 0 Å². The van der Waals surface area contributed by atoms with Crippen LogP contribution in [0.25, 0.3) is 0 Å². The molecule has 0 aliphatic heterocycles. The molecule has 0 fully saturated rings. The Kier molecular flexibility index (Phi) is 8.14. The maximum absolute atomic E-state index is 12.1. The van der Waals surface area contributed by atoms with Crippen LogP contribution >= 0.6 is 11.8 Å². The number of carbonyl (C=O) groups excluding carboxylic acids is 1. The van der Waals surface area contributed by atoms with Gasteiger partial charge in [-0.25, -0.2) is 0 Å². The molecule has 0 amide bonds. The molecule has 0 aliphatic rings. The summed E-state index contributed by atoms with van der Waals surface area (Å²) in [4.78, 5) is 12.1. The Balaban J connectivity index is 4.50. The first-order valence-corrected chi connectivity index (χ1v) is 7.63. The van der Waals surface area contributed by atoms with Crippen LogP contribution in [0.15, 0.2) is 0 Å². The molecule has 3 heteroatoms. The lowest BCUT2D eigenvalue weighted by Crippen LogP contribution is -2.34. The lowest BCUT2D eigenvalue weighted by atomic mass is 9.85. The van der Waals surface area contributed by atoms with Crippen molar-refractivity contribution in [3.05, 3.63) is 0 Å². The van der Waals surface area contributed by atoms with Gasteiger partial charge in [-0.3, -0.25) is 4.79 Å². The molecule has 0 spiro atoms. The second-order valence-corrected chi connectivity index (χ2v) is 7.35. The van der Waals surface area contributed by atoms with Gasteiger partial charge >= 0.3 is 0 Å². The van der Waals surface area contributed by atoms with Crippen molar-refractivity contribution >= 4 is 17.5 Å². The van der Waals surface area contributed by atoms with Gasteiger partial charge in [-0.2, -0.15) is 11.8 Å². The smallest absolute Gasteiger partial charge is 0.141 e. The topological polar surface area (TPSA) is 37.3 Å². The van der Waals surface area contributed by atoms with E-state index in [1.165, 1.54) is 0 Å². The van der Waals surface area contributed by atoms with Crippen LogP contribution < -0.4 is 0 Å². The zero-order valence-electron chi connectivity index (χ0n) is 12.1. The van der Waals surface area contributed by atoms with Crippen molar-refractivity contribution in [1.82, 2.24) is 0 Å². The molecule has 0 rings (SSSR count). The summed E-state index contributed by atoms with van der Waals surface area (Å²) in [6.45, 7) is 12.2. The first kappa shape index (κ1) is 17.0. The van der Waals surface area contributed by atoms with Gasteiger partial charge in [0.05, 0.1) is 6.10 Å². The monoisotopic (exact) mass is 260 g/mol. The summed E-state index contributed by atoms with van der Waals surface area (Å²) in [5.74, 6) is 1.13. The summed E-state index contributed by atoms with van der Waals surface area (Å²) in [6.07, 6.45) is 0.288. The predicted octanol–water partition coefficient (Wildman–Crippen LogP) is 3.38. The summed E-state index contributed by atoms with van der Waals surface area (Å²) in [7, 11) is 0. The minimum absolute atomic E-state index is 0.0115. The lowest BCUT2D eigenvalue weighted by molar-refractivity contribution is -0.129. The Bertz CT molecular complexity index is 224. The van der Waals surface area contributed by atoms with Crippen molar-refractivity contribution in [2.75, 3.05) is 5.75 Å². The molecule has 0 aromatic heterocycles. The molecule has 0 saturated heterocycles. The van der Waals surface area contributed by atoms with Gasteiger partial charge in [-0.15, -0.1) is 0 Å². The van der Waals surface area contributed by atoms with E-state index in [0.717, 1.165) is 6.42 Å². The van der Waals surface area contributed by atoms with Crippen LogP contribution in [0.1, 0.15) is 48.0 Å². The quantitative estimate of drug-likeness (QED) is 0.727. The van der Waals surface area contributed by atoms with Crippen LogP contribution in [0.2, 0.25) is 0 Å². The maximum atomic E-state index is 12.1. The van der Waals surface area contributed by atoms with Crippen LogP contribution in [0.4, 0.5) is 0 Å². The van der Waals surface area contributed by atoms with Gasteiger partial charge in [0.2, 0.25) is 0 Å². The molecule has 0 radical (unpaired) electrons. The Hall–Kier alpha value is -0.0200. The molecule has 0 heterocycles. The van der Waals surface area contributed by atoms with Crippen molar-refractivity contribution in [1.29, 1.82) is 0 Å². The average molecular weight is 260 g/mol. The van der Waals surface area contributed by atoms with Crippen LogP contribution in [-0.2, 0) is 4.79 Å². The Morgan fingerprint density at radius 2 is 1.65 bits per heavy atom. The highest BCUT2D eigenvalue weighted by Crippen LogP contribution is 2.24. The highest BCUT2D eigenvalue weighted by atomic mass is 32.2. The molecule has 0 aliphatic carbocycles. The van der Waals surface area contributed by atoms with E-state index in [1.807, 2.05) is 13.8 Å². The molecule has 0 bridgehead atoms. The Morgan fingerprint density at radius 1 is 1.12 bits per heavy atom. The standard InChI is InChI=1S/C14H28O2S/c1-9(2)7-12(14(16)10(3)4)13(15)8-17-11(5)6/h9-13,15H,7-8H2,1-6H3. The van der Waals surface area contributed by atoms with Gasteiger partial charge in [0.25, 0.3) is 0 Å². The number of Topliss-reactive ketones (excluding diaryl/α,β-unsaturated/α-hetero) is 1. The van der Waals surface area contributed by atoms with Crippen molar-refractivity contribution in [3.8, 4) is 0 Å². The van der Waals surface area contributed by atoms with Crippen LogP contribution in [-0.4, -0.2) is 28.0 Å². The summed E-state index contributed by atoms with van der Waals surface area (Å²) in [6, 6.07) is 0. The third kappa shape index (κ3) is 7.10. The number of ketones is 1. The van der Waals surface area contributed by atoms with Gasteiger partial charge in [0.15, 0.2) is 0 Å². The van der Waals surface area contributed by atoms with Crippen molar-refractivity contribution < 1.29 is 9.90 Å². The summed E-state index contributed by atoms with van der Waals surface area (Å²) in [5, 5.41) is 10.7. The molecule has 0 saturated carbocycles. The number of aliphatic hydroxyl groups excluding tert-OH is 1. The van der Waals surface area contributed by atoms with E-state index in [-0.39, 0.29) is 17.6 Å². The van der Waals surface area contributed by atoms with E-state index in [9.17, 15) is 9.90 Å². The summed E-state index contributed by atoms with van der Waals surface area (Å²) in [5.41, 5.74) is 0.